The first-order valence-corrected chi connectivity index (χ1v) is 4.24. The quantitative estimate of drug-likeness (QED) is 0.713. The molecule has 2 N–H and O–H groups in total. The highest BCUT2D eigenvalue weighted by Crippen LogP contribution is 2.28. The van der Waals surface area contributed by atoms with Gasteiger partial charge in [0.15, 0.2) is 0 Å². The smallest absolute Gasteiger partial charge is 0.326 e. The van der Waals surface area contributed by atoms with E-state index in [1.165, 1.54) is 6.26 Å². The summed E-state index contributed by atoms with van der Waals surface area (Å²) in [6.07, 6.45) is 1.64. The third-order valence-corrected chi connectivity index (χ3v) is 2.30. The number of hydrogen-bond acceptors (Lipinski definition) is 3. The van der Waals surface area contributed by atoms with Gasteiger partial charge in [-0.2, -0.15) is 0 Å². The van der Waals surface area contributed by atoms with Crippen molar-refractivity contribution >= 4 is 11.9 Å². The highest BCUT2D eigenvalue weighted by molar-refractivity contribution is 5.89. The Morgan fingerprint density at radius 1 is 1.64 bits per heavy atom. The number of rotatable bonds is 2. The average molecular weight is 195 g/mol. The average Bonchev–Trinajstić information content (AvgIpc) is 2.70. The number of carboxylic acid groups (broad SMARTS) is 1. The molecule has 1 fully saturated rings. The van der Waals surface area contributed by atoms with E-state index in [9.17, 15) is 9.59 Å². The van der Waals surface area contributed by atoms with Crippen LogP contribution in [0, 0.1) is 0 Å². The molecule has 2 rings (SSSR count). The highest BCUT2D eigenvalue weighted by atomic mass is 16.4. The van der Waals surface area contributed by atoms with E-state index in [0.29, 0.717) is 5.76 Å². The van der Waals surface area contributed by atoms with Gasteiger partial charge < -0.3 is 14.8 Å². The second-order valence-electron chi connectivity index (χ2n) is 3.21. The summed E-state index contributed by atoms with van der Waals surface area (Å²) in [5.41, 5.74) is 0. The van der Waals surface area contributed by atoms with Crippen LogP contribution < -0.4 is 5.32 Å². The standard InChI is InChI=1S/C9H9NO4/c11-7-4-5(6-2-1-3-14-6)8(10-7)9(12)13/h1-3,5,8H,4H2,(H,10,11)(H,12,13)/t5-,8+/m0/s1. The Balaban J connectivity index is 2.26. The summed E-state index contributed by atoms with van der Waals surface area (Å²) < 4.78 is 5.09. The molecule has 1 amide bonds. The minimum atomic E-state index is -1.03. The summed E-state index contributed by atoms with van der Waals surface area (Å²) in [5, 5.41) is 11.2. The summed E-state index contributed by atoms with van der Waals surface area (Å²) in [6, 6.07) is 2.49. The van der Waals surface area contributed by atoms with Crippen molar-refractivity contribution < 1.29 is 19.1 Å². The van der Waals surface area contributed by atoms with E-state index >= 15 is 0 Å². The maximum atomic E-state index is 11.0. The Kier molecular flexibility index (Phi) is 1.99. The lowest BCUT2D eigenvalue weighted by molar-refractivity contribution is -0.140. The van der Waals surface area contributed by atoms with Gasteiger partial charge in [0.25, 0.3) is 0 Å². The molecule has 1 aliphatic heterocycles. The monoisotopic (exact) mass is 195 g/mol. The number of hydrogen-bond donors (Lipinski definition) is 2. The maximum absolute atomic E-state index is 11.0. The molecule has 14 heavy (non-hydrogen) atoms. The van der Waals surface area contributed by atoms with Crippen LogP contribution in [-0.2, 0) is 9.59 Å². The molecule has 1 saturated heterocycles. The zero-order chi connectivity index (χ0) is 10.1. The zero-order valence-electron chi connectivity index (χ0n) is 7.27. The summed E-state index contributed by atoms with van der Waals surface area (Å²) in [5.74, 6) is -1.14. The van der Waals surface area contributed by atoms with Crippen LogP contribution in [0.25, 0.3) is 0 Å². The van der Waals surface area contributed by atoms with Crippen LogP contribution >= 0.6 is 0 Å². The van der Waals surface area contributed by atoms with Gasteiger partial charge in [-0.15, -0.1) is 0 Å². The zero-order valence-corrected chi connectivity index (χ0v) is 7.27. The minimum absolute atomic E-state index is 0.171. The van der Waals surface area contributed by atoms with Gasteiger partial charge in [0.1, 0.15) is 11.8 Å². The number of aliphatic carboxylic acids is 1. The lowest BCUT2D eigenvalue weighted by atomic mass is 9.98. The van der Waals surface area contributed by atoms with E-state index in [2.05, 4.69) is 5.32 Å². The predicted octanol–water partition coefficient (Wildman–Crippen LogP) is 0.336. The molecule has 5 nitrogen and oxygen atoms in total. The lowest BCUT2D eigenvalue weighted by Gasteiger charge is -2.11. The van der Waals surface area contributed by atoms with Crippen LogP contribution in [0.1, 0.15) is 18.1 Å². The summed E-state index contributed by atoms with van der Waals surface area (Å²) >= 11 is 0. The molecule has 0 saturated carbocycles. The summed E-state index contributed by atoms with van der Waals surface area (Å²) in [4.78, 5) is 21.8. The Hall–Kier alpha value is -1.78. The third kappa shape index (κ3) is 1.37. The number of furan rings is 1. The Morgan fingerprint density at radius 2 is 2.43 bits per heavy atom. The first kappa shape index (κ1) is 8.80. The van der Waals surface area contributed by atoms with Crippen molar-refractivity contribution in [1.82, 2.24) is 5.32 Å². The van der Waals surface area contributed by atoms with Crippen molar-refractivity contribution in [1.29, 1.82) is 0 Å². The molecule has 5 heteroatoms. The van der Waals surface area contributed by atoms with Crippen LogP contribution in [0.15, 0.2) is 22.8 Å². The molecule has 0 radical (unpaired) electrons. The number of amides is 1. The highest BCUT2D eigenvalue weighted by Gasteiger charge is 2.39. The van der Waals surface area contributed by atoms with Gasteiger partial charge in [0.05, 0.1) is 12.2 Å². The molecule has 0 bridgehead atoms. The second kappa shape index (κ2) is 3.17. The lowest BCUT2D eigenvalue weighted by Crippen LogP contribution is -2.35. The fourth-order valence-electron chi connectivity index (χ4n) is 1.65. The fraction of sp³-hybridized carbons (Fsp3) is 0.333. The molecule has 2 heterocycles. The fourth-order valence-corrected chi connectivity index (χ4v) is 1.65. The number of carbonyl (C=O) groups excluding carboxylic acids is 1. The van der Waals surface area contributed by atoms with E-state index in [4.69, 9.17) is 9.52 Å². The van der Waals surface area contributed by atoms with Crippen LogP contribution in [0.2, 0.25) is 0 Å². The van der Waals surface area contributed by atoms with E-state index in [1.54, 1.807) is 12.1 Å². The first-order valence-electron chi connectivity index (χ1n) is 4.24. The number of carbonyl (C=O) groups is 2. The number of nitrogens with one attached hydrogen (secondary N) is 1. The molecule has 1 aliphatic rings. The van der Waals surface area contributed by atoms with Crippen molar-refractivity contribution in [2.24, 2.45) is 0 Å². The minimum Gasteiger partial charge on any atom is -0.480 e. The van der Waals surface area contributed by atoms with Gasteiger partial charge in [-0.1, -0.05) is 0 Å². The van der Waals surface area contributed by atoms with Gasteiger partial charge in [-0.25, -0.2) is 4.79 Å². The second-order valence-corrected chi connectivity index (χ2v) is 3.21. The van der Waals surface area contributed by atoms with Crippen LogP contribution in [0.5, 0.6) is 0 Å². The van der Waals surface area contributed by atoms with Crippen LogP contribution in [0.4, 0.5) is 0 Å². The largest absolute Gasteiger partial charge is 0.480 e. The van der Waals surface area contributed by atoms with E-state index < -0.39 is 17.9 Å². The van der Waals surface area contributed by atoms with Gasteiger partial charge in [-0.05, 0) is 12.1 Å². The Bertz CT molecular complexity index is 357. The molecule has 0 aromatic carbocycles. The van der Waals surface area contributed by atoms with Crippen LogP contribution in [-0.4, -0.2) is 23.0 Å². The topological polar surface area (TPSA) is 79.5 Å². The normalized spacial score (nSPS) is 26.1. The van der Waals surface area contributed by atoms with Gasteiger partial charge >= 0.3 is 5.97 Å². The Morgan fingerprint density at radius 3 is 3.00 bits per heavy atom. The van der Waals surface area contributed by atoms with E-state index in [0.717, 1.165) is 0 Å². The predicted molar refractivity (Wildman–Crippen MR) is 45.6 cm³/mol. The van der Waals surface area contributed by atoms with Crippen molar-refractivity contribution in [3.63, 3.8) is 0 Å². The van der Waals surface area contributed by atoms with Gasteiger partial charge in [-0.3, -0.25) is 4.79 Å². The molecule has 74 valence electrons. The van der Waals surface area contributed by atoms with E-state index in [1.807, 2.05) is 0 Å². The van der Waals surface area contributed by atoms with Crippen LogP contribution in [0.3, 0.4) is 0 Å². The molecule has 0 aliphatic carbocycles. The molecular formula is C9H9NO4. The van der Waals surface area contributed by atoms with Crippen molar-refractivity contribution in [2.45, 2.75) is 18.4 Å². The number of carboxylic acids is 1. The molecular weight excluding hydrogens is 186 g/mol. The van der Waals surface area contributed by atoms with Crippen molar-refractivity contribution in [3.05, 3.63) is 24.2 Å². The van der Waals surface area contributed by atoms with Gasteiger partial charge in [0, 0.05) is 6.42 Å². The molecule has 1 aromatic rings. The van der Waals surface area contributed by atoms with Crippen molar-refractivity contribution in [3.8, 4) is 0 Å². The third-order valence-electron chi connectivity index (χ3n) is 2.30. The summed E-state index contributed by atoms with van der Waals surface area (Å²) in [6.45, 7) is 0. The molecule has 0 spiro atoms. The molecule has 0 unspecified atom stereocenters. The molecule has 2 atom stereocenters. The van der Waals surface area contributed by atoms with Gasteiger partial charge in [0.2, 0.25) is 5.91 Å². The molecule has 1 aromatic heterocycles. The summed E-state index contributed by atoms with van der Waals surface area (Å²) in [7, 11) is 0. The Labute approximate surface area is 79.7 Å². The first-order chi connectivity index (χ1) is 6.68. The van der Waals surface area contributed by atoms with Crippen molar-refractivity contribution in [2.75, 3.05) is 0 Å². The SMILES string of the molecule is O=C1C[C@@H](c2ccco2)[C@H](C(=O)O)N1. The van der Waals surface area contributed by atoms with E-state index in [-0.39, 0.29) is 12.3 Å². The maximum Gasteiger partial charge on any atom is 0.326 e.